The fraction of sp³-hybridized carbons (Fsp3) is 0.417. The average Bonchev–Trinajstić information content (AvgIpc) is 2.80. The molecule has 1 N–H and O–H groups in total. The average molecular weight is 407 g/mol. The smallest absolute Gasteiger partial charge is 0.222 e. The third-order valence-corrected chi connectivity index (χ3v) is 5.88. The van der Waals surface area contributed by atoms with Crippen molar-refractivity contribution in [3.05, 3.63) is 59.9 Å². The number of ether oxygens (including phenoxy) is 2. The van der Waals surface area contributed by atoms with Crippen molar-refractivity contribution < 1.29 is 9.47 Å². The maximum Gasteiger partial charge on any atom is 0.222 e. The predicted octanol–water partition coefficient (Wildman–Crippen LogP) is 4.42. The highest BCUT2D eigenvalue weighted by molar-refractivity contribution is 5.89. The number of nitrogens with zero attached hydrogens (tertiary/aromatic N) is 3. The van der Waals surface area contributed by atoms with E-state index in [2.05, 4.69) is 57.4 Å². The lowest BCUT2D eigenvalue weighted by molar-refractivity contribution is -0.0451. The first kappa shape index (κ1) is 20.6. The zero-order valence-electron chi connectivity index (χ0n) is 18.0. The molecule has 4 rings (SSSR count). The van der Waals surface area contributed by atoms with E-state index in [0.29, 0.717) is 12.0 Å². The summed E-state index contributed by atoms with van der Waals surface area (Å²) in [7, 11) is 3.50. The van der Waals surface area contributed by atoms with Crippen LogP contribution in [0.1, 0.15) is 37.1 Å². The number of nitrogens with one attached hydrogen (secondary N) is 1. The molecule has 6 heteroatoms. The lowest BCUT2D eigenvalue weighted by atomic mass is 10.0. The first-order chi connectivity index (χ1) is 14.7. The van der Waals surface area contributed by atoms with Crippen molar-refractivity contribution in [3.8, 4) is 5.75 Å². The Kier molecular flexibility index (Phi) is 6.45. The molecule has 0 aliphatic carbocycles. The molecule has 30 heavy (non-hydrogen) atoms. The Hall–Kier alpha value is -2.70. The summed E-state index contributed by atoms with van der Waals surface area (Å²) < 4.78 is 11.6. The summed E-state index contributed by atoms with van der Waals surface area (Å²) in [5.41, 5.74) is 2.28. The summed E-state index contributed by atoms with van der Waals surface area (Å²) in [6, 6.07) is 13.0. The van der Waals surface area contributed by atoms with Crippen molar-refractivity contribution in [2.45, 2.75) is 38.5 Å². The van der Waals surface area contributed by atoms with Crippen molar-refractivity contribution in [2.24, 2.45) is 0 Å². The van der Waals surface area contributed by atoms with Crippen LogP contribution in [0.2, 0.25) is 0 Å². The van der Waals surface area contributed by atoms with Crippen LogP contribution >= 0.6 is 0 Å². The lowest BCUT2D eigenvalue weighted by Crippen LogP contribution is -2.41. The number of benzene rings is 2. The molecule has 0 spiro atoms. The van der Waals surface area contributed by atoms with Gasteiger partial charge in [0, 0.05) is 44.0 Å². The number of rotatable bonds is 7. The van der Waals surface area contributed by atoms with E-state index in [9.17, 15) is 0 Å². The lowest BCUT2D eigenvalue weighted by Gasteiger charge is -2.37. The third kappa shape index (κ3) is 4.40. The third-order valence-electron chi connectivity index (χ3n) is 5.88. The van der Waals surface area contributed by atoms with Crippen LogP contribution in [0.25, 0.3) is 10.8 Å². The summed E-state index contributed by atoms with van der Waals surface area (Å²) in [5.74, 6) is 1.60. The van der Waals surface area contributed by atoms with Gasteiger partial charge in [-0.3, -0.25) is 4.90 Å². The zero-order valence-corrected chi connectivity index (χ0v) is 18.0. The molecule has 6 nitrogen and oxygen atoms in total. The van der Waals surface area contributed by atoms with Crippen LogP contribution in [0.4, 0.5) is 5.95 Å². The Labute approximate surface area is 178 Å². The summed E-state index contributed by atoms with van der Waals surface area (Å²) in [5, 5.41) is 5.77. The molecule has 1 aliphatic heterocycles. The number of anilines is 1. The molecule has 2 aromatic carbocycles. The van der Waals surface area contributed by atoms with E-state index >= 15 is 0 Å². The van der Waals surface area contributed by atoms with Crippen LogP contribution in [0.5, 0.6) is 5.75 Å². The number of hydrogen-bond donors (Lipinski definition) is 1. The van der Waals surface area contributed by atoms with Crippen LogP contribution in [0.15, 0.2) is 48.8 Å². The molecular formula is C24H30N4O2. The van der Waals surface area contributed by atoms with Gasteiger partial charge in [-0.25, -0.2) is 9.97 Å². The Balaban J connectivity index is 1.44. The monoisotopic (exact) mass is 406 g/mol. The van der Waals surface area contributed by atoms with Gasteiger partial charge in [-0.1, -0.05) is 31.2 Å². The fourth-order valence-corrected chi connectivity index (χ4v) is 4.18. The highest BCUT2D eigenvalue weighted by atomic mass is 16.5. The second-order valence-corrected chi connectivity index (χ2v) is 7.76. The first-order valence-electron chi connectivity index (χ1n) is 10.6. The van der Waals surface area contributed by atoms with E-state index < -0.39 is 0 Å². The van der Waals surface area contributed by atoms with Crippen LogP contribution in [0.3, 0.4) is 0 Å². The number of piperidine rings is 1. The van der Waals surface area contributed by atoms with E-state index in [1.54, 1.807) is 14.2 Å². The summed E-state index contributed by atoms with van der Waals surface area (Å²) in [6.45, 7) is 4.00. The largest absolute Gasteiger partial charge is 0.496 e. The Morgan fingerprint density at radius 2 is 1.83 bits per heavy atom. The van der Waals surface area contributed by atoms with Gasteiger partial charge in [0.1, 0.15) is 12.0 Å². The maximum atomic E-state index is 5.93. The van der Waals surface area contributed by atoms with E-state index in [1.165, 1.54) is 0 Å². The Morgan fingerprint density at radius 1 is 1.10 bits per heavy atom. The number of methoxy groups -OCH3 is 2. The van der Waals surface area contributed by atoms with Crippen LogP contribution in [0, 0.1) is 0 Å². The molecule has 0 radical (unpaired) electrons. The Morgan fingerprint density at radius 3 is 2.50 bits per heavy atom. The van der Waals surface area contributed by atoms with Gasteiger partial charge in [-0.05, 0) is 47.9 Å². The molecule has 1 saturated heterocycles. The SMILES string of the molecule is CCc1cnc(NC2CCN(C(OC)c3cc(OC)c4ccccc4c3)CC2)nc1. The molecule has 0 bridgehead atoms. The zero-order chi connectivity index (χ0) is 20.9. The van der Waals surface area contributed by atoms with Crippen molar-refractivity contribution >= 4 is 16.7 Å². The van der Waals surface area contributed by atoms with Gasteiger partial charge in [-0.2, -0.15) is 0 Å². The van der Waals surface area contributed by atoms with E-state index in [0.717, 1.165) is 60.0 Å². The first-order valence-corrected chi connectivity index (χ1v) is 10.6. The van der Waals surface area contributed by atoms with Gasteiger partial charge in [0.05, 0.1) is 7.11 Å². The number of fused-ring (bicyclic) bond motifs is 1. The minimum Gasteiger partial charge on any atom is -0.496 e. The second-order valence-electron chi connectivity index (χ2n) is 7.76. The minimum atomic E-state index is -0.0930. The molecule has 1 fully saturated rings. The second kappa shape index (κ2) is 9.41. The van der Waals surface area contributed by atoms with E-state index in [-0.39, 0.29) is 6.23 Å². The fourth-order valence-electron chi connectivity index (χ4n) is 4.18. The molecule has 1 unspecified atom stereocenters. The van der Waals surface area contributed by atoms with E-state index in [4.69, 9.17) is 9.47 Å². The number of hydrogen-bond acceptors (Lipinski definition) is 6. The van der Waals surface area contributed by atoms with Gasteiger partial charge >= 0.3 is 0 Å². The van der Waals surface area contributed by atoms with Crippen molar-refractivity contribution in [1.82, 2.24) is 14.9 Å². The van der Waals surface area contributed by atoms with Gasteiger partial charge in [0.15, 0.2) is 0 Å². The molecular weight excluding hydrogens is 376 g/mol. The highest BCUT2D eigenvalue weighted by Crippen LogP contribution is 2.33. The predicted molar refractivity (Wildman–Crippen MR) is 120 cm³/mol. The molecule has 0 amide bonds. The van der Waals surface area contributed by atoms with Gasteiger partial charge in [-0.15, -0.1) is 0 Å². The Bertz CT molecular complexity index is 969. The quantitative estimate of drug-likeness (QED) is 0.627. The molecule has 1 atom stereocenters. The van der Waals surface area contributed by atoms with E-state index in [1.807, 2.05) is 18.5 Å². The van der Waals surface area contributed by atoms with Gasteiger partial charge < -0.3 is 14.8 Å². The summed E-state index contributed by atoms with van der Waals surface area (Å²) in [6.07, 6.45) is 6.70. The topological polar surface area (TPSA) is 59.5 Å². The summed E-state index contributed by atoms with van der Waals surface area (Å²) in [4.78, 5) is 11.3. The molecule has 3 aromatic rings. The van der Waals surface area contributed by atoms with Crippen molar-refractivity contribution in [1.29, 1.82) is 0 Å². The molecule has 1 aromatic heterocycles. The molecule has 1 aliphatic rings. The summed E-state index contributed by atoms with van der Waals surface area (Å²) >= 11 is 0. The van der Waals surface area contributed by atoms with Crippen LogP contribution in [-0.2, 0) is 11.2 Å². The normalized spacial score (nSPS) is 16.5. The molecule has 2 heterocycles. The maximum absolute atomic E-state index is 5.93. The van der Waals surface area contributed by atoms with Crippen LogP contribution < -0.4 is 10.1 Å². The number of likely N-dealkylation sites (tertiary alicyclic amines) is 1. The van der Waals surface area contributed by atoms with Gasteiger partial charge in [0.25, 0.3) is 0 Å². The van der Waals surface area contributed by atoms with Crippen molar-refractivity contribution in [2.75, 3.05) is 32.6 Å². The number of aromatic nitrogens is 2. The number of aryl methyl sites for hydroxylation is 1. The van der Waals surface area contributed by atoms with Crippen LogP contribution in [-0.4, -0.2) is 48.2 Å². The minimum absolute atomic E-state index is 0.0930. The highest BCUT2D eigenvalue weighted by Gasteiger charge is 2.27. The molecule has 158 valence electrons. The van der Waals surface area contributed by atoms with Crippen molar-refractivity contribution in [3.63, 3.8) is 0 Å². The van der Waals surface area contributed by atoms with Gasteiger partial charge in [0.2, 0.25) is 5.95 Å². The standard InChI is InChI=1S/C24H30N4O2/c1-4-17-15-25-24(26-16-17)27-20-9-11-28(12-10-20)23(30-3)19-13-18-7-5-6-8-21(18)22(14-19)29-2/h5-8,13-16,20,23H,4,9-12H2,1-3H3,(H,25,26,27). The molecule has 0 saturated carbocycles.